The molecule has 1 aromatic carbocycles. The second-order valence-electron chi connectivity index (χ2n) is 3.60. The van der Waals surface area contributed by atoms with Crippen molar-refractivity contribution in [1.82, 2.24) is 0 Å². The molecule has 0 fully saturated rings. The highest BCUT2D eigenvalue weighted by Gasteiger charge is 2.04. The maximum absolute atomic E-state index is 13.4. The van der Waals surface area contributed by atoms with Gasteiger partial charge in [-0.25, -0.2) is 9.18 Å². The van der Waals surface area contributed by atoms with E-state index in [2.05, 4.69) is 4.74 Å². The lowest BCUT2D eigenvalue weighted by molar-refractivity contribution is -0.137. The lowest BCUT2D eigenvalue weighted by atomic mass is 10.1. The molecule has 0 aliphatic heterocycles. The molecule has 0 atom stereocenters. The van der Waals surface area contributed by atoms with Crippen LogP contribution in [-0.4, -0.2) is 29.9 Å². The Kier molecular flexibility index (Phi) is 6.08. The van der Waals surface area contributed by atoms with E-state index in [0.29, 0.717) is 5.75 Å². The van der Waals surface area contributed by atoms with E-state index in [9.17, 15) is 14.0 Å². The van der Waals surface area contributed by atoms with Crippen LogP contribution in [0.4, 0.5) is 4.39 Å². The van der Waals surface area contributed by atoms with Gasteiger partial charge in [0.2, 0.25) is 0 Å². The third kappa shape index (κ3) is 5.56. The summed E-state index contributed by atoms with van der Waals surface area (Å²) in [6.45, 7) is 0. The van der Waals surface area contributed by atoms with Gasteiger partial charge in [0.15, 0.2) is 0 Å². The van der Waals surface area contributed by atoms with Crippen LogP contribution < -0.4 is 0 Å². The first kappa shape index (κ1) is 15.2. The SMILES string of the molecule is COC(=O)CSCc1ccc(F)c(/C=C/C(=O)O)c1. The molecule has 0 aromatic heterocycles. The van der Waals surface area contributed by atoms with Crippen molar-refractivity contribution in [3.63, 3.8) is 0 Å². The Morgan fingerprint density at radius 1 is 1.47 bits per heavy atom. The number of halogens is 1. The molecule has 0 spiro atoms. The van der Waals surface area contributed by atoms with Crippen LogP contribution in [0.15, 0.2) is 24.3 Å². The lowest BCUT2D eigenvalue weighted by Gasteiger charge is -2.03. The van der Waals surface area contributed by atoms with E-state index in [1.165, 1.54) is 31.0 Å². The van der Waals surface area contributed by atoms with E-state index in [1.54, 1.807) is 12.1 Å². The first-order chi connectivity index (χ1) is 9.02. The van der Waals surface area contributed by atoms with Crippen LogP contribution in [0.3, 0.4) is 0 Å². The fraction of sp³-hybridized carbons (Fsp3) is 0.231. The number of rotatable bonds is 6. The van der Waals surface area contributed by atoms with Gasteiger partial charge < -0.3 is 9.84 Å². The lowest BCUT2D eigenvalue weighted by Crippen LogP contribution is -2.03. The Balaban J connectivity index is 2.68. The number of esters is 1. The molecule has 0 aliphatic carbocycles. The van der Waals surface area contributed by atoms with Crippen molar-refractivity contribution in [2.45, 2.75) is 5.75 Å². The number of thioether (sulfide) groups is 1. The van der Waals surface area contributed by atoms with Crippen molar-refractivity contribution in [3.05, 3.63) is 41.2 Å². The van der Waals surface area contributed by atoms with Gasteiger partial charge in [-0.15, -0.1) is 11.8 Å². The van der Waals surface area contributed by atoms with Gasteiger partial charge in [0.05, 0.1) is 12.9 Å². The fourth-order valence-electron chi connectivity index (χ4n) is 1.28. The average molecular weight is 284 g/mol. The van der Waals surface area contributed by atoms with E-state index in [-0.39, 0.29) is 17.3 Å². The topological polar surface area (TPSA) is 63.6 Å². The molecule has 0 saturated heterocycles. The molecule has 1 rings (SSSR count). The molecule has 1 aromatic rings. The summed E-state index contributed by atoms with van der Waals surface area (Å²) in [5, 5.41) is 8.50. The van der Waals surface area contributed by atoms with Gasteiger partial charge in [-0.05, 0) is 23.8 Å². The number of carbonyl (C=O) groups excluding carboxylic acids is 1. The zero-order chi connectivity index (χ0) is 14.3. The van der Waals surface area contributed by atoms with Gasteiger partial charge in [-0.3, -0.25) is 4.79 Å². The first-order valence-corrected chi connectivity index (χ1v) is 6.52. The molecule has 0 radical (unpaired) electrons. The summed E-state index contributed by atoms with van der Waals surface area (Å²) < 4.78 is 17.9. The van der Waals surface area contributed by atoms with E-state index in [1.807, 2.05) is 0 Å². The molecule has 0 unspecified atom stereocenters. The molecule has 4 nitrogen and oxygen atoms in total. The highest BCUT2D eigenvalue weighted by Crippen LogP contribution is 2.17. The summed E-state index contributed by atoms with van der Waals surface area (Å²) in [7, 11) is 1.32. The van der Waals surface area contributed by atoms with Gasteiger partial charge in [-0.2, -0.15) is 0 Å². The number of hydrogen-bond acceptors (Lipinski definition) is 4. The maximum atomic E-state index is 13.4. The number of aliphatic carboxylic acids is 1. The van der Waals surface area contributed by atoms with E-state index < -0.39 is 11.8 Å². The molecular weight excluding hydrogens is 271 g/mol. The Labute approximate surface area is 114 Å². The summed E-state index contributed by atoms with van der Waals surface area (Å²) in [6.07, 6.45) is 2.08. The second-order valence-corrected chi connectivity index (χ2v) is 4.58. The number of methoxy groups -OCH3 is 1. The van der Waals surface area contributed by atoms with Crippen LogP contribution in [-0.2, 0) is 20.1 Å². The number of carbonyl (C=O) groups is 2. The summed E-state index contributed by atoms with van der Waals surface area (Å²) >= 11 is 1.34. The average Bonchev–Trinajstić information content (AvgIpc) is 2.38. The predicted molar refractivity (Wildman–Crippen MR) is 71.2 cm³/mol. The van der Waals surface area contributed by atoms with Gasteiger partial charge in [0.1, 0.15) is 5.82 Å². The van der Waals surface area contributed by atoms with E-state index in [0.717, 1.165) is 11.6 Å². The minimum absolute atomic E-state index is 0.207. The Hall–Kier alpha value is -1.82. The summed E-state index contributed by atoms with van der Waals surface area (Å²) in [4.78, 5) is 21.3. The molecule has 1 N–H and O–H groups in total. The summed E-state index contributed by atoms with van der Waals surface area (Å²) in [5.74, 6) is -1.21. The third-order valence-electron chi connectivity index (χ3n) is 2.18. The fourth-order valence-corrected chi connectivity index (χ4v) is 2.08. The minimum atomic E-state index is -1.13. The Morgan fingerprint density at radius 2 is 2.21 bits per heavy atom. The molecule has 6 heteroatoms. The summed E-state index contributed by atoms with van der Waals surface area (Å²) in [5.41, 5.74) is 1.01. The Bertz CT molecular complexity index is 499. The smallest absolute Gasteiger partial charge is 0.328 e. The molecule has 0 heterocycles. The van der Waals surface area contributed by atoms with Crippen LogP contribution in [0.5, 0.6) is 0 Å². The van der Waals surface area contributed by atoms with Crippen LogP contribution >= 0.6 is 11.8 Å². The van der Waals surface area contributed by atoms with Gasteiger partial charge in [0, 0.05) is 17.4 Å². The van der Waals surface area contributed by atoms with Crippen LogP contribution in [0.1, 0.15) is 11.1 Å². The van der Waals surface area contributed by atoms with Gasteiger partial charge >= 0.3 is 11.9 Å². The highest BCUT2D eigenvalue weighted by molar-refractivity contribution is 7.99. The van der Waals surface area contributed by atoms with Crippen LogP contribution in [0, 0.1) is 5.82 Å². The maximum Gasteiger partial charge on any atom is 0.328 e. The second kappa shape index (κ2) is 7.58. The first-order valence-electron chi connectivity index (χ1n) is 5.37. The standard InChI is InChI=1S/C13H13FO4S/c1-18-13(17)8-19-7-9-2-4-11(14)10(6-9)3-5-12(15)16/h2-6H,7-8H2,1H3,(H,15,16)/b5-3+. The highest BCUT2D eigenvalue weighted by atomic mass is 32.2. The minimum Gasteiger partial charge on any atom is -0.478 e. The summed E-state index contributed by atoms with van der Waals surface area (Å²) in [6, 6.07) is 4.42. The van der Waals surface area contributed by atoms with Gasteiger partial charge in [0.25, 0.3) is 0 Å². The van der Waals surface area contributed by atoms with Crippen molar-refractivity contribution in [2.24, 2.45) is 0 Å². The Morgan fingerprint density at radius 3 is 2.84 bits per heavy atom. The molecule has 0 aliphatic rings. The van der Waals surface area contributed by atoms with Crippen molar-refractivity contribution in [1.29, 1.82) is 0 Å². The molecular formula is C13H13FO4S. The number of hydrogen-bond donors (Lipinski definition) is 1. The predicted octanol–water partition coefficient (Wildman–Crippen LogP) is 2.33. The van der Waals surface area contributed by atoms with E-state index in [4.69, 9.17) is 5.11 Å². The van der Waals surface area contributed by atoms with Crippen molar-refractivity contribution >= 4 is 29.8 Å². The number of carboxylic acid groups (broad SMARTS) is 1. The van der Waals surface area contributed by atoms with Gasteiger partial charge in [-0.1, -0.05) is 6.07 Å². The largest absolute Gasteiger partial charge is 0.478 e. The third-order valence-corrected chi connectivity index (χ3v) is 3.16. The number of carboxylic acids is 1. The van der Waals surface area contributed by atoms with Crippen molar-refractivity contribution < 1.29 is 23.8 Å². The zero-order valence-electron chi connectivity index (χ0n) is 10.3. The normalized spacial score (nSPS) is 10.6. The number of ether oxygens (including phenoxy) is 1. The molecule has 102 valence electrons. The van der Waals surface area contributed by atoms with Crippen LogP contribution in [0.2, 0.25) is 0 Å². The monoisotopic (exact) mass is 284 g/mol. The van der Waals surface area contributed by atoms with Crippen molar-refractivity contribution in [2.75, 3.05) is 12.9 Å². The molecule has 0 amide bonds. The van der Waals surface area contributed by atoms with Crippen LogP contribution in [0.25, 0.3) is 6.08 Å². The van der Waals surface area contributed by atoms with E-state index >= 15 is 0 Å². The quantitative estimate of drug-likeness (QED) is 0.641. The molecule has 0 bridgehead atoms. The zero-order valence-corrected chi connectivity index (χ0v) is 11.1. The van der Waals surface area contributed by atoms with Crippen molar-refractivity contribution in [3.8, 4) is 0 Å². The number of benzene rings is 1. The molecule has 0 saturated carbocycles. The molecule has 19 heavy (non-hydrogen) atoms.